The van der Waals surface area contributed by atoms with E-state index in [4.69, 9.17) is 0 Å². The fourth-order valence-electron chi connectivity index (χ4n) is 7.26. The van der Waals surface area contributed by atoms with Crippen molar-refractivity contribution in [3.63, 3.8) is 0 Å². The van der Waals surface area contributed by atoms with Gasteiger partial charge in [-0.2, -0.15) is 0 Å². The van der Waals surface area contributed by atoms with Crippen LogP contribution < -0.4 is 16.0 Å². The molecule has 1 amide bonds. The summed E-state index contributed by atoms with van der Waals surface area (Å²) in [7, 11) is 0. The number of amides is 1. The van der Waals surface area contributed by atoms with E-state index in [1.54, 1.807) is 0 Å². The van der Waals surface area contributed by atoms with Gasteiger partial charge in [0.05, 0.1) is 0 Å². The van der Waals surface area contributed by atoms with Gasteiger partial charge < -0.3 is 16.0 Å². The molecule has 170 valence electrons. The van der Waals surface area contributed by atoms with Crippen molar-refractivity contribution in [1.82, 2.24) is 10.6 Å². The zero-order valence-electron chi connectivity index (χ0n) is 19.5. The first-order valence-electron chi connectivity index (χ1n) is 13.0. The molecule has 0 aromatic heterocycles. The van der Waals surface area contributed by atoms with E-state index in [9.17, 15) is 4.79 Å². The first-order chi connectivity index (χ1) is 15.1. The second kappa shape index (κ2) is 8.77. The van der Waals surface area contributed by atoms with Crippen LogP contribution in [0.25, 0.3) is 0 Å². The third kappa shape index (κ3) is 3.90. The molecule has 2 heterocycles. The summed E-state index contributed by atoms with van der Waals surface area (Å²) in [4.78, 5) is 14.2. The van der Waals surface area contributed by atoms with Gasteiger partial charge in [-0.05, 0) is 80.9 Å². The lowest BCUT2D eigenvalue weighted by Gasteiger charge is -2.42. The fraction of sp³-hybridized carbons (Fsp3) is 0.741. The Balaban J connectivity index is 1.44. The Kier molecular flexibility index (Phi) is 6.02. The lowest BCUT2D eigenvalue weighted by atomic mass is 9.77. The van der Waals surface area contributed by atoms with Gasteiger partial charge in [0.2, 0.25) is 5.91 Å². The highest BCUT2D eigenvalue weighted by molar-refractivity contribution is 5.93. The predicted molar refractivity (Wildman–Crippen MR) is 127 cm³/mol. The van der Waals surface area contributed by atoms with Crippen molar-refractivity contribution in [3.8, 4) is 0 Å². The minimum Gasteiger partial charge on any atom is -0.370 e. The van der Waals surface area contributed by atoms with Crippen molar-refractivity contribution in [2.45, 2.75) is 102 Å². The first-order valence-corrected chi connectivity index (χ1v) is 13.0. The molecule has 3 N–H and O–H groups in total. The highest BCUT2D eigenvalue weighted by Crippen LogP contribution is 2.45. The minimum absolute atomic E-state index is 0.259. The van der Waals surface area contributed by atoms with Crippen molar-refractivity contribution in [3.05, 3.63) is 29.3 Å². The average Bonchev–Trinajstić information content (AvgIpc) is 3.54. The van der Waals surface area contributed by atoms with E-state index >= 15 is 0 Å². The normalized spacial score (nSPS) is 32.6. The Labute approximate surface area is 188 Å². The molecule has 31 heavy (non-hydrogen) atoms. The average molecular weight is 424 g/mol. The predicted octanol–water partition coefficient (Wildman–Crippen LogP) is 4.96. The topological polar surface area (TPSA) is 53.2 Å². The van der Waals surface area contributed by atoms with E-state index in [0.717, 1.165) is 13.0 Å². The Bertz CT molecular complexity index is 796. The van der Waals surface area contributed by atoms with E-state index in [1.807, 2.05) is 0 Å². The maximum Gasteiger partial charge on any atom is 0.246 e. The molecule has 5 rings (SSSR count). The molecular weight excluding hydrogens is 382 g/mol. The molecule has 0 radical (unpaired) electrons. The maximum atomic E-state index is 14.2. The SMILES string of the molecule is Cc1cccc2c1NC(C(=O)NC(C1CCCC1)C1NCCCC1C)(C1CCCC1)C2. The molecule has 1 saturated heterocycles. The number of piperidine rings is 1. The number of aryl methyl sites for hydroxylation is 1. The zero-order chi connectivity index (χ0) is 21.4. The molecule has 0 bridgehead atoms. The third-order valence-corrected chi connectivity index (χ3v) is 9.06. The molecule has 3 fully saturated rings. The van der Waals surface area contributed by atoms with Gasteiger partial charge >= 0.3 is 0 Å². The number of hydrogen-bond donors (Lipinski definition) is 3. The molecule has 1 aromatic carbocycles. The van der Waals surface area contributed by atoms with Gasteiger partial charge in [-0.15, -0.1) is 0 Å². The van der Waals surface area contributed by atoms with Crippen LogP contribution in [0.1, 0.15) is 82.3 Å². The standard InChI is InChI=1S/C27H41N3O/c1-18-9-7-13-21-17-27(30-23(18)21,22-14-5-6-15-22)26(31)29-25(20-11-3-4-12-20)24-19(2)10-8-16-28-24/h7,9,13,19-20,22,24-25,28,30H,3-6,8,10-12,14-17H2,1-2H3,(H,29,31). The van der Waals surface area contributed by atoms with E-state index in [0.29, 0.717) is 23.8 Å². The summed E-state index contributed by atoms with van der Waals surface area (Å²) in [5, 5.41) is 11.4. The van der Waals surface area contributed by atoms with Crippen LogP contribution in [0, 0.1) is 24.7 Å². The molecular formula is C27H41N3O. The van der Waals surface area contributed by atoms with E-state index in [2.05, 4.69) is 48.0 Å². The lowest BCUT2D eigenvalue weighted by molar-refractivity contribution is -0.128. The number of carbonyl (C=O) groups is 1. The second-order valence-corrected chi connectivity index (χ2v) is 11.0. The van der Waals surface area contributed by atoms with Gasteiger partial charge in [0, 0.05) is 24.2 Å². The summed E-state index contributed by atoms with van der Waals surface area (Å²) >= 11 is 0. The van der Waals surface area contributed by atoms with Gasteiger partial charge in [0.15, 0.2) is 0 Å². The quantitative estimate of drug-likeness (QED) is 0.628. The van der Waals surface area contributed by atoms with Gasteiger partial charge in [0.1, 0.15) is 5.54 Å². The third-order valence-electron chi connectivity index (χ3n) is 9.06. The molecule has 4 nitrogen and oxygen atoms in total. The Hall–Kier alpha value is -1.55. The van der Waals surface area contributed by atoms with Crippen molar-refractivity contribution < 1.29 is 4.79 Å². The van der Waals surface area contributed by atoms with Crippen LogP contribution in [0.3, 0.4) is 0 Å². The monoisotopic (exact) mass is 423 g/mol. The van der Waals surface area contributed by atoms with Crippen molar-refractivity contribution in [2.24, 2.45) is 17.8 Å². The molecule has 4 heteroatoms. The largest absolute Gasteiger partial charge is 0.370 e. The summed E-state index contributed by atoms with van der Waals surface area (Å²) in [6.45, 7) is 5.64. The summed E-state index contributed by atoms with van der Waals surface area (Å²) in [6, 6.07) is 7.21. The number of benzene rings is 1. The van der Waals surface area contributed by atoms with Gasteiger partial charge in [0.25, 0.3) is 0 Å². The summed E-state index contributed by atoms with van der Waals surface area (Å²) in [5.41, 5.74) is 3.33. The minimum atomic E-state index is -0.473. The molecule has 2 saturated carbocycles. The van der Waals surface area contributed by atoms with Crippen LogP contribution in [0.5, 0.6) is 0 Å². The highest BCUT2D eigenvalue weighted by Gasteiger charge is 2.51. The number of nitrogens with one attached hydrogen (secondary N) is 3. The van der Waals surface area contributed by atoms with E-state index in [1.165, 1.54) is 81.0 Å². The Morgan fingerprint density at radius 1 is 1.06 bits per heavy atom. The van der Waals surface area contributed by atoms with Crippen molar-refractivity contribution in [1.29, 1.82) is 0 Å². The molecule has 2 aliphatic heterocycles. The van der Waals surface area contributed by atoms with Crippen LogP contribution >= 0.6 is 0 Å². The summed E-state index contributed by atoms with van der Waals surface area (Å²) < 4.78 is 0. The number of rotatable bonds is 5. The number of fused-ring (bicyclic) bond motifs is 1. The maximum absolute atomic E-state index is 14.2. The molecule has 1 aromatic rings. The highest BCUT2D eigenvalue weighted by atomic mass is 16.2. The summed E-state index contributed by atoms with van der Waals surface area (Å²) in [6.07, 6.45) is 13.4. The van der Waals surface area contributed by atoms with E-state index < -0.39 is 5.54 Å². The van der Waals surface area contributed by atoms with Crippen LogP contribution in [0.2, 0.25) is 0 Å². The molecule has 4 unspecified atom stereocenters. The van der Waals surface area contributed by atoms with Crippen LogP contribution in [-0.4, -0.2) is 30.1 Å². The molecule has 4 atom stereocenters. The van der Waals surface area contributed by atoms with Crippen LogP contribution in [-0.2, 0) is 11.2 Å². The van der Waals surface area contributed by atoms with Gasteiger partial charge in [-0.25, -0.2) is 0 Å². The van der Waals surface area contributed by atoms with Crippen LogP contribution in [0.15, 0.2) is 18.2 Å². The Morgan fingerprint density at radius 3 is 2.52 bits per heavy atom. The molecule has 4 aliphatic rings. The first kappa shape index (κ1) is 21.3. The number of hydrogen-bond acceptors (Lipinski definition) is 3. The molecule has 0 spiro atoms. The number of para-hydroxylation sites is 1. The van der Waals surface area contributed by atoms with Crippen molar-refractivity contribution >= 4 is 11.6 Å². The fourth-order valence-corrected chi connectivity index (χ4v) is 7.26. The lowest BCUT2D eigenvalue weighted by Crippen LogP contribution is -2.64. The van der Waals surface area contributed by atoms with Gasteiger partial charge in [-0.1, -0.05) is 50.8 Å². The number of carbonyl (C=O) groups excluding carboxylic acids is 1. The molecule has 2 aliphatic carbocycles. The van der Waals surface area contributed by atoms with Crippen LogP contribution in [0.4, 0.5) is 5.69 Å². The number of anilines is 1. The smallest absolute Gasteiger partial charge is 0.246 e. The van der Waals surface area contributed by atoms with E-state index in [-0.39, 0.29) is 11.9 Å². The Morgan fingerprint density at radius 2 is 1.81 bits per heavy atom. The zero-order valence-corrected chi connectivity index (χ0v) is 19.5. The van der Waals surface area contributed by atoms with Gasteiger partial charge in [-0.3, -0.25) is 4.79 Å². The second-order valence-electron chi connectivity index (χ2n) is 11.0. The van der Waals surface area contributed by atoms with Crippen molar-refractivity contribution in [2.75, 3.05) is 11.9 Å². The summed E-state index contributed by atoms with van der Waals surface area (Å²) in [5.74, 6) is 1.94.